The summed E-state index contributed by atoms with van der Waals surface area (Å²) in [5.74, 6) is 0. The zero-order chi connectivity index (χ0) is 14.2. The van der Waals surface area contributed by atoms with Gasteiger partial charge in [0.15, 0.2) is 0 Å². The zero-order valence-corrected chi connectivity index (χ0v) is 13.4. The first-order chi connectivity index (χ1) is 9.67. The van der Waals surface area contributed by atoms with E-state index in [0.29, 0.717) is 12.1 Å². The third kappa shape index (κ3) is 2.41. The summed E-state index contributed by atoms with van der Waals surface area (Å²) in [6, 6.07) is 1.35. The van der Waals surface area contributed by atoms with E-state index < -0.39 is 0 Å². The van der Waals surface area contributed by atoms with Crippen molar-refractivity contribution >= 4 is 0 Å². The molecule has 116 valence electrons. The normalized spacial score (nSPS) is 41.5. The van der Waals surface area contributed by atoms with E-state index in [0.717, 1.165) is 6.54 Å². The molecule has 2 N–H and O–H groups in total. The van der Waals surface area contributed by atoms with Crippen molar-refractivity contribution < 1.29 is 0 Å². The molecule has 0 spiro atoms. The first-order valence-electron chi connectivity index (χ1n) is 8.57. The van der Waals surface area contributed by atoms with Crippen molar-refractivity contribution in [2.24, 2.45) is 5.73 Å². The Morgan fingerprint density at radius 1 is 1.10 bits per heavy atom. The summed E-state index contributed by atoms with van der Waals surface area (Å²) in [7, 11) is 2.26. The van der Waals surface area contributed by atoms with Gasteiger partial charge in [0.2, 0.25) is 0 Å². The molecule has 3 saturated heterocycles. The van der Waals surface area contributed by atoms with Crippen LogP contribution in [0.15, 0.2) is 0 Å². The predicted octanol–water partition coefficient (Wildman–Crippen LogP) is 0.968. The van der Waals surface area contributed by atoms with E-state index in [-0.39, 0.29) is 5.54 Å². The molecule has 0 radical (unpaired) electrons. The molecule has 3 heterocycles. The van der Waals surface area contributed by atoms with Gasteiger partial charge in [-0.15, -0.1) is 0 Å². The smallest absolute Gasteiger partial charge is 0.0502 e. The molecule has 0 saturated carbocycles. The number of nitrogens with two attached hydrogens (primary N) is 1. The molecule has 3 aliphatic heterocycles. The van der Waals surface area contributed by atoms with Crippen molar-refractivity contribution in [3.05, 3.63) is 0 Å². The lowest BCUT2D eigenvalue weighted by Crippen LogP contribution is -2.64. The highest BCUT2D eigenvalue weighted by atomic mass is 15.4. The molecule has 0 aromatic heterocycles. The average Bonchev–Trinajstić information content (AvgIpc) is 2.74. The molecule has 4 nitrogen and oxygen atoms in total. The Bertz CT molecular complexity index is 334. The Morgan fingerprint density at radius 2 is 1.95 bits per heavy atom. The topological polar surface area (TPSA) is 35.7 Å². The Labute approximate surface area is 124 Å². The molecule has 0 bridgehead atoms. The van der Waals surface area contributed by atoms with Gasteiger partial charge in [-0.05, 0) is 52.7 Å². The monoisotopic (exact) mass is 280 g/mol. The Morgan fingerprint density at radius 3 is 2.75 bits per heavy atom. The Hall–Kier alpha value is -0.160. The molecule has 3 rings (SSSR count). The molecule has 3 unspecified atom stereocenters. The minimum atomic E-state index is 0.255. The van der Waals surface area contributed by atoms with Crippen LogP contribution in [0.25, 0.3) is 0 Å². The van der Waals surface area contributed by atoms with E-state index in [9.17, 15) is 0 Å². The first-order valence-corrected chi connectivity index (χ1v) is 8.57. The summed E-state index contributed by atoms with van der Waals surface area (Å²) in [6.45, 7) is 9.46. The molecule has 4 heteroatoms. The lowest BCUT2D eigenvalue weighted by atomic mass is 9.82. The van der Waals surface area contributed by atoms with Gasteiger partial charge in [0.1, 0.15) is 0 Å². The van der Waals surface area contributed by atoms with Gasteiger partial charge in [0.25, 0.3) is 0 Å². The molecule has 0 aromatic carbocycles. The fourth-order valence-corrected chi connectivity index (χ4v) is 5.10. The minimum absolute atomic E-state index is 0.255. The third-order valence-corrected chi connectivity index (χ3v) is 6.04. The van der Waals surface area contributed by atoms with Crippen LogP contribution in [-0.4, -0.2) is 78.6 Å². The highest BCUT2D eigenvalue weighted by Gasteiger charge is 2.51. The predicted molar refractivity (Wildman–Crippen MR) is 83.9 cm³/mol. The largest absolute Gasteiger partial charge is 0.329 e. The van der Waals surface area contributed by atoms with Gasteiger partial charge in [0.05, 0.1) is 5.54 Å². The van der Waals surface area contributed by atoms with Crippen LogP contribution in [0, 0.1) is 0 Å². The molecule has 3 atom stereocenters. The van der Waals surface area contributed by atoms with Gasteiger partial charge in [0, 0.05) is 38.3 Å². The second-order valence-electron chi connectivity index (χ2n) is 7.26. The highest BCUT2D eigenvalue weighted by molar-refractivity contribution is 5.10. The lowest BCUT2D eigenvalue weighted by molar-refractivity contribution is 0.0131. The summed E-state index contributed by atoms with van der Waals surface area (Å²) in [4.78, 5) is 8.02. The summed E-state index contributed by atoms with van der Waals surface area (Å²) in [5.41, 5.74) is 6.63. The van der Waals surface area contributed by atoms with Crippen LogP contribution in [0.2, 0.25) is 0 Å². The highest BCUT2D eigenvalue weighted by Crippen LogP contribution is 2.40. The van der Waals surface area contributed by atoms with Crippen molar-refractivity contribution in [3.8, 4) is 0 Å². The van der Waals surface area contributed by atoms with E-state index in [2.05, 4.69) is 28.7 Å². The summed E-state index contributed by atoms with van der Waals surface area (Å²) >= 11 is 0. The SMILES string of the molecule is CC1CN(C)CCCN1C1(CN)CCN2CCCCC21. The van der Waals surface area contributed by atoms with Crippen LogP contribution in [-0.2, 0) is 0 Å². The van der Waals surface area contributed by atoms with Gasteiger partial charge < -0.3 is 10.6 Å². The van der Waals surface area contributed by atoms with E-state index in [1.165, 1.54) is 64.8 Å². The second kappa shape index (κ2) is 5.91. The van der Waals surface area contributed by atoms with Gasteiger partial charge >= 0.3 is 0 Å². The first kappa shape index (κ1) is 14.8. The Kier molecular flexibility index (Phi) is 4.37. The van der Waals surface area contributed by atoms with Gasteiger partial charge in [-0.25, -0.2) is 0 Å². The number of hydrogen-bond acceptors (Lipinski definition) is 4. The molecular weight excluding hydrogens is 248 g/mol. The van der Waals surface area contributed by atoms with Crippen molar-refractivity contribution in [3.63, 3.8) is 0 Å². The third-order valence-electron chi connectivity index (χ3n) is 6.04. The molecule has 0 aromatic rings. The van der Waals surface area contributed by atoms with Crippen LogP contribution in [0.4, 0.5) is 0 Å². The summed E-state index contributed by atoms with van der Waals surface area (Å²) in [6.07, 6.45) is 6.70. The van der Waals surface area contributed by atoms with Crippen molar-refractivity contribution in [2.45, 2.75) is 56.7 Å². The maximum atomic E-state index is 6.37. The van der Waals surface area contributed by atoms with Crippen molar-refractivity contribution in [1.29, 1.82) is 0 Å². The maximum absolute atomic E-state index is 6.37. The molecule has 3 aliphatic rings. The molecule has 0 aliphatic carbocycles. The average molecular weight is 280 g/mol. The number of nitrogens with zero attached hydrogens (tertiary/aromatic N) is 3. The quantitative estimate of drug-likeness (QED) is 0.817. The standard InChI is InChI=1S/C16H32N4/c1-14-12-18(2)8-5-10-20(14)16(13-17)7-11-19-9-4-3-6-15(16)19/h14-15H,3-13,17H2,1-2H3. The van der Waals surface area contributed by atoms with E-state index in [1.807, 2.05) is 0 Å². The van der Waals surface area contributed by atoms with E-state index in [4.69, 9.17) is 5.73 Å². The van der Waals surface area contributed by atoms with Crippen molar-refractivity contribution in [1.82, 2.24) is 14.7 Å². The fourth-order valence-electron chi connectivity index (χ4n) is 5.10. The van der Waals surface area contributed by atoms with Crippen LogP contribution in [0.3, 0.4) is 0 Å². The molecule has 20 heavy (non-hydrogen) atoms. The Balaban J connectivity index is 1.84. The summed E-state index contributed by atoms with van der Waals surface area (Å²) < 4.78 is 0. The molecular formula is C16H32N4. The zero-order valence-electron chi connectivity index (χ0n) is 13.4. The number of piperidine rings is 1. The number of fused-ring (bicyclic) bond motifs is 1. The van der Waals surface area contributed by atoms with Crippen LogP contribution in [0.5, 0.6) is 0 Å². The van der Waals surface area contributed by atoms with Gasteiger partial charge in [-0.3, -0.25) is 9.80 Å². The van der Waals surface area contributed by atoms with Crippen molar-refractivity contribution in [2.75, 3.05) is 46.3 Å². The van der Waals surface area contributed by atoms with E-state index in [1.54, 1.807) is 0 Å². The number of hydrogen-bond donors (Lipinski definition) is 1. The molecule has 0 amide bonds. The molecule has 3 fully saturated rings. The second-order valence-corrected chi connectivity index (χ2v) is 7.26. The van der Waals surface area contributed by atoms with E-state index >= 15 is 0 Å². The van der Waals surface area contributed by atoms with Gasteiger partial charge in [-0.1, -0.05) is 6.42 Å². The maximum Gasteiger partial charge on any atom is 0.0502 e. The summed E-state index contributed by atoms with van der Waals surface area (Å²) in [5, 5.41) is 0. The number of likely N-dealkylation sites (N-methyl/N-ethyl adjacent to an activating group) is 1. The fraction of sp³-hybridized carbons (Fsp3) is 1.00. The van der Waals surface area contributed by atoms with Crippen LogP contribution >= 0.6 is 0 Å². The minimum Gasteiger partial charge on any atom is -0.329 e. The van der Waals surface area contributed by atoms with Crippen LogP contribution < -0.4 is 5.73 Å². The van der Waals surface area contributed by atoms with Gasteiger partial charge in [-0.2, -0.15) is 0 Å². The van der Waals surface area contributed by atoms with Crippen LogP contribution in [0.1, 0.15) is 39.0 Å². The lowest BCUT2D eigenvalue weighted by Gasteiger charge is -2.49. The number of rotatable bonds is 2.